The Morgan fingerprint density at radius 1 is 1.35 bits per heavy atom. The predicted octanol–water partition coefficient (Wildman–Crippen LogP) is 3.97. The lowest BCUT2D eigenvalue weighted by atomic mass is 9.91. The summed E-state index contributed by atoms with van der Waals surface area (Å²) >= 11 is 1.82. The molecule has 2 N–H and O–H groups in total. The molecule has 138 valence electrons. The van der Waals surface area contributed by atoms with E-state index in [2.05, 4.69) is 60.7 Å². The van der Waals surface area contributed by atoms with Gasteiger partial charge in [-0.15, -0.1) is 11.8 Å². The van der Waals surface area contributed by atoms with Crippen LogP contribution in [0.3, 0.4) is 0 Å². The second-order valence-electron chi connectivity index (χ2n) is 6.95. The van der Waals surface area contributed by atoms with Crippen molar-refractivity contribution < 1.29 is 4.79 Å². The molecule has 0 fully saturated rings. The first kappa shape index (κ1) is 18.9. The number of nitrogens with zero attached hydrogens (tertiary/aromatic N) is 1. The number of carbonyl (C=O) groups is 1. The Kier molecular flexibility index (Phi) is 6.33. The molecule has 0 saturated heterocycles. The highest BCUT2D eigenvalue weighted by Gasteiger charge is 2.24. The van der Waals surface area contributed by atoms with Crippen LogP contribution in [0.2, 0.25) is 0 Å². The summed E-state index contributed by atoms with van der Waals surface area (Å²) in [4.78, 5) is 18.4. The number of amides is 1. The Morgan fingerprint density at radius 2 is 2.12 bits per heavy atom. The van der Waals surface area contributed by atoms with Crippen LogP contribution < -0.4 is 10.6 Å². The van der Waals surface area contributed by atoms with Crippen LogP contribution in [0.25, 0.3) is 0 Å². The van der Waals surface area contributed by atoms with Gasteiger partial charge in [0.15, 0.2) is 0 Å². The summed E-state index contributed by atoms with van der Waals surface area (Å²) in [6.45, 7) is 8.00. The monoisotopic (exact) mass is 369 g/mol. The second kappa shape index (κ2) is 8.69. The highest BCUT2D eigenvalue weighted by Crippen LogP contribution is 2.27. The van der Waals surface area contributed by atoms with E-state index in [1.165, 1.54) is 10.5 Å². The van der Waals surface area contributed by atoms with Crippen LogP contribution in [-0.2, 0) is 13.0 Å². The molecule has 1 aromatic carbocycles. The molecule has 1 aliphatic heterocycles. The number of fused-ring (bicyclic) bond motifs is 1. The van der Waals surface area contributed by atoms with E-state index in [9.17, 15) is 4.79 Å². The van der Waals surface area contributed by atoms with Gasteiger partial charge >= 0.3 is 0 Å². The number of benzene rings is 1. The first-order valence-corrected chi connectivity index (χ1v) is 10.3. The Hall–Kier alpha value is -1.85. The van der Waals surface area contributed by atoms with Gasteiger partial charge in [-0.2, -0.15) is 0 Å². The zero-order valence-corrected chi connectivity index (χ0v) is 16.5. The molecule has 1 amide bonds. The third-order valence-corrected chi connectivity index (χ3v) is 5.57. The summed E-state index contributed by atoms with van der Waals surface area (Å²) in [6.07, 6.45) is 2.63. The lowest BCUT2D eigenvalue weighted by molar-refractivity contribution is 0.0950. The smallest absolute Gasteiger partial charge is 0.253 e. The van der Waals surface area contributed by atoms with Crippen molar-refractivity contribution in [2.24, 2.45) is 5.92 Å². The quantitative estimate of drug-likeness (QED) is 0.757. The van der Waals surface area contributed by atoms with Gasteiger partial charge in [-0.05, 0) is 54.0 Å². The molecule has 0 aliphatic carbocycles. The van der Waals surface area contributed by atoms with E-state index in [-0.39, 0.29) is 11.9 Å². The molecule has 5 heteroatoms. The average molecular weight is 370 g/mol. The van der Waals surface area contributed by atoms with Gasteiger partial charge in [-0.1, -0.05) is 32.9 Å². The average Bonchev–Trinajstić information content (AvgIpc) is 2.66. The third-order valence-electron chi connectivity index (χ3n) is 4.67. The number of thioether (sulfide) groups is 1. The van der Waals surface area contributed by atoms with Crippen molar-refractivity contribution >= 4 is 17.7 Å². The fraction of sp³-hybridized carbons (Fsp3) is 0.429. The Morgan fingerprint density at radius 3 is 2.81 bits per heavy atom. The minimum atomic E-state index is -0.0630. The molecule has 26 heavy (non-hydrogen) atoms. The predicted molar refractivity (Wildman–Crippen MR) is 108 cm³/mol. The van der Waals surface area contributed by atoms with Gasteiger partial charge in [0.1, 0.15) is 0 Å². The standard InChI is InChI=1S/C21H27N3OS/c1-4-26-18-7-5-15(6-8-18)12-24-21(25)17-11-16-9-10-22-19(14(2)3)20(16)23-13-17/h5-8,11,13-14,19,22H,4,9-10,12H2,1-3H3,(H,24,25)/t19-/m1/s1. The maximum absolute atomic E-state index is 12.5. The van der Waals surface area contributed by atoms with Gasteiger partial charge in [0, 0.05) is 17.6 Å². The van der Waals surface area contributed by atoms with Crippen molar-refractivity contribution in [3.63, 3.8) is 0 Å². The summed E-state index contributed by atoms with van der Waals surface area (Å²) in [5, 5.41) is 6.52. The summed E-state index contributed by atoms with van der Waals surface area (Å²) in [5.74, 6) is 1.48. The van der Waals surface area contributed by atoms with Crippen LogP contribution in [0.4, 0.5) is 0 Å². The van der Waals surface area contributed by atoms with E-state index in [4.69, 9.17) is 0 Å². The van der Waals surface area contributed by atoms with E-state index in [0.29, 0.717) is 18.0 Å². The lowest BCUT2D eigenvalue weighted by Gasteiger charge is -2.29. The molecule has 2 aromatic rings. The molecule has 0 unspecified atom stereocenters. The molecule has 3 rings (SSSR count). The molecule has 0 radical (unpaired) electrons. The molecule has 4 nitrogen and oxygen atoms in total. The van der Waals surface area contributed by atoms with Crippen LogP contribution in [-0.4, -0.2) is 23.2 Å². The van der Waals surface area contributed by atoms with E-state index >= 15 is 0 Å². The van der Waals surface area contributed by atoms with Crippen molar-refractivity contribution in [3.8, 4) is 0 Å². The van der Waals surface area contributed by atoms with Gasteiger partial charge in [0.2, 0.25) is 0 Å². The fourth-order valence-corrected chi connectivity index (χ4v) is 3.95. The minimum absolute atomic E-state index is 0.0630. The molecule has 2 heterocycles. The van der Waals surface area contributed by atoms with Crippen molar-refractivity contribution in [2.45, 2.75) is 44.7 Å². The topological polar surface area (TPSA) is 54.0 Å². The number of pyridine rings is 1. The van der Waals surface area contributed by atoms with Gasteiger partial charge < -0.3 is 10.6 Å². The highest BCUT2D eigenvalue weighted by atomic mass is 32.2. The summed E-state index contributed by atoms with van der Waals surface area (Å²) in [6, 6.07) is 10.6. The van der Waals surface area contributed by atoms with Gasteiger partial charge in [0.05, 0.1) is 17.3 Å². The Bertz CT molecular complexity index is 758. The summed E-state index contributed by atoms with van der Waals surface area (Å²) < 4.78 is 0. The van der Waals surface area contributed by atoms with E-state index < -0.39 is 0 Å². The van der Waals surface area contributed by atoms with Crippen LogP contribution in [0.5, 0.6) is 0 Å². The van der Waals surface area contributed by atoms with E-state index in [1.807, 2.05) is 17.8 Å². The van der Waals surface area contributed by atoms with Gasteiger partial charge in [-0.3, -0.25) is 9.78 Å². The zero-order chi connectivity index (χ0) is 18.5. The first-order valence-electron chi connectivity index (χ1n) is 9.30. The number of aromatic nitrogens is 1. The molecule has 1 aromatic heterocycles. The molecule has 0 bridgehead atoms. The largest absolute Gasteiger partial charge is 0.348 e. The van der Waals surface area contributed by atoms with Gasteiger partial charge in [0.25, 0.3) is 5.91 Å². The maximum atomic E-state index is 12.5. The Labute approximate surface area is 160 Å². The second-order valence-corrected chi connectivity index (χ2v) is 8.29. The fourth-order valence-electron chi connectivity index (χ4n) is 3.29. The third kappa shape index (κ3) is 4.46. The molecule has 1 aliphatic rings. The molecular weight excluding hydrogens is 342 g/mol. The van der Waals surface area contributed by atoms with Crippen LogP contribution in [0.15, 0.2) is 41.4 Å². The van der Waals surface area contributed by atoms with Crippen molar-refractivity contribution in [1.29, 1.82) is 0 Å². The number of hydrogen-bond donors (Lipinski definition) is 2. The SMILES string of the molecule is CCSc1ccc(CNC(=O)c2cnc3c(c2)CCN[C@@H]3C(C)C)cc1. The first-order chi connectivity index (χ1) is 12.6. The van der Waals surface area contributed by atoms with E-state index in [1.54, 1.807) is 6.20 Å². The van der Waals surface area contributed by atoms with Crippen molar-refractivity contribution in [1.82, 2.24) is 15.6 Å². The highest BCUT2D eigenvalue weighted by molar-refractivity contribution is 7.99. The van der Waals surface area contributed by atoms with Gasteiger partial charge in [-0.25, -0.2) is 0 Å². The van der Waals surface area contributed by atoms with Crippen molar-refractivity contribution in [3.05, 3.63) is 58.9 Å². The summed E-state index contributed by atoms with van der Waals surface area (Å²) in [7, 11) is 0. The molecular formula is C21H27N3OS. The van der Waals surface area contributed by atoms with E-state index in [0.717, 1.165) is 30.0 Å². The lowest BCUT2D eigenvalue weighted by Crippen LogP contribution is -2.34. The van der Waals surface area contributed by atoms with Crippen LogP contribution in [0.1, 0.15) is 54.0 Å². The maximum Gasteiger partial charge on any atom is 0.253 e. The number of hydrogen-bond acceptors (Lipinski definition) is 4. The zero-order valence-electron chi connectivity index (χ0n) is 15.7. The normalized spacial score (nSPS) is 16.4. The minimum Gasteiger partial charge on any atom is -0.348 e. The molecule has 1 atom stereocenters. The van der Waals surface area contributed by atoms with Crippen molar-refractivity contribution in [2.75, 3.05) is 12.3 Å². The molecule has 0 spiro atoms. The number of rotatable bonds is 6. The number of nitrogens with one attached hydrogen (secondary N) is 2. The van der Waals surface area contributed by atoms with Crippen LogP contribution in [0, 0.1) is 5.92 Å². The Balaban J connectivity index is 1.65. The molecule has 0 saturated carbocycles. The van der Waals surface area contributed by atoms with Crippen LogP contribution >= 0.6 is 11.8 Å². The summed E-state index contributed by atoms with van der Waals surface area (Å²) in [5.41, 5.74) is 4.03. The number of carbonyl (C=O) groups excluding carboxylic acids is 1.